The molecule has 9 heavy (non-hydrogen) atoms. The van der Waals surface area contributed by atoms with Crippen LogP contribution in [0.4, 0.5) is 4.39 Å². The van der Waals surface area contributed by atoms with Crippen molar-refractivity contribution in [2.75, 3.05) is 5.33 Å². The molecule has 0 saturated heterocycles. The first-order chi connectivity index (χ1) is 4.33. The molecule has 0 aromatic rings. The molecule has 0 aromatic carbocycles. The molecule has 0 radical (unpaired) electrons. The van der Waals surface area contributed by atoms with Crippen molar-refractivity contribution in [1.29, 1.82) is 0 Å². The predicted octanol–water partition coefficient (Wildman–Crippen LogP) is 2.81. The van der Waals surface area contributed by atoms with Crippen molar-refractivity contribution in [2.24, 2.45) is 5.92 Å². The maximum absolute atomic E-state index is 12.3. The van der Waals surface area contributed by atoms with Crippen molar-refractivity contribution in [1.82, 2.24) is 0 Å². The van der Waals surface area contributed by atoms with Crippen LogP contribution in [0.5, 0.6) is 0 Å². The Morgan fingerprint density at radius 2 is 2.56 bits per heavy atom. The monoisotopic (exact) mass is 190 g/mol. The van der Waals surface area contributed by atoms with Crippen molar-refractivity contribution in [3.8, 4) is 0 Å². The van der Waals surface area contributed by atoms with Gasteiger partial charge in [0.15, 0.2) is 0 Å². The van der Waals surface area contributed by atoms with Gasteiger partial charge in [-0.05, 0) is 24.5 Å². The lowest BCUT2D eigenvalue weighted by Gasteiger charge is -2.08. The van der Waals surface area contributed by atoms with E-state index < -0.39 is 0 Å². The van der Waals surface area contributed by atoms with Gasteiger partial charge in [0.25, 0.3) is 0 Å². The highest BCUT2D eigenvalue weighted by Gasteiger charge is 2.05. The summed E-state index contributed by atoms with van der Waals surface area (Å²) in [5.41, 5.74) is 0. The molecule has 1 aliphatic carbocycles. The molecule has 0 fully saturated rings. The van der Waals surface area contributed by atoms with Crippen LogP contribution in [0.25, 0.3) is 0 Å². The van der Waals surface area contributed by atoms with E-state index in [9.17, 15) is 4.39 Å². The highest BCUT2D eigenvalue weighted by atomic mass is 79.9. The van der Waals surface area contributed by atoms with Crippen LogP contribution in [-0.2, 0) is 0 Å². The van der Waals surface area contributed by atoms with Crippen LogP contribution in [0.15, 0.2) is 24.1 Å². The van der Waals surface area contributed by atoms with Crippen LogP contribution in [0.3, 0.4) is 0 Å². The van der Waals surface area contributed by atoms with Crippen molar-refractivity contribution in [3.63, 3.8) is 0 Å². The molecule has 1 atom stereocenters. The van der Waals surface area contributed by atoms with Crippen molar-refractivity contribution in [2.45, 2.75) is 6.42 Å². The molecule has 0 N–H and O–H groups in total. The van der Waals surface area contributed by atoms with Crippen molar-refractivity contribution >= 4 is 15.9 Å². The first kappa shape index (κ1) is 7.00. The normalized spacial score (nSPS) is 26.0. The van der Waals surface area contributed by atoms with Crippen LogP contribution >= 0.6 is 15.9 Å². The van der Waals surface area contributed by atoms with E-state index in [-0.39, 0.29) is 5.83 Å². The summed E-state index contributed by atoms with van der Waals surface area (Å²) in [5.74, 6) is 0.386. The molecule has 2 heteroatoms. The molecule has 0 spiro atoms. The minimum absolute atomic E-state index is 0.104. The number of alkyl halides is 1. The largest absolute Gasteiger partial charge is 0.207 e. The summed E-state index contributed by atoms with van der Waals surface area (Å²) in [6.45, 7) is 0. The highest BCUT2D eigenvalue weighted by Crippen LogP contribution is 2.18. The Bertz CT molecular complexity index is 149. The second-order valence-electron chi connectivity index (χ2n) is 2.10. The fraction of sp³-hybridized carbons (Fsp3) is 0.429. The number of hydrogen-bond donors (Lipinski definition) is 0. The molecule has 0 heterocycles. The van der Waals surface area contributed by atoms with E-state index in [2.05, 4.69) is 15.9 Å². The Balaban J connectivity index is 2.48. The van der Waals surface area contributed by atoms with E-state index in [4.69, 9.17) is 0 Å². The second kappa shape index (κ2) is 3.16. The molecule has 50 valence electrons. The Hall–Kier alpha value is -0.110. The molecule has 1 aliphatic rings. The molecule has 0 aliphatic heterocycles. The third-order valence-corrected chi connectivity index (χ3v) is 2.17. The van der Waals surface area contributed by atoms with Crippen LogP contribution in [0, 0.1) is 5.92 Å². The van der Waals surface area contributed by atoms with E-state index in [0.29, 0.717) is 5.92 Å². The van der Waals surface area contributed by atoms with Gasteiger partial charge >= 0.3 is 0 Å². The molecule has 1 unspecified atom stereocenters. The van der Waals surface area contributed by atoms with Gasteiger partial charge in [0.1, 0.15) is 5.83 Å². The van der Waals surface area contributed by atoms with E-state index in [1.54, 1.807) is 6.08 Å². The summed E-state index contributed by atoms with van der Waals surface area (Å²) >= 11 is 3.33. The zero-order valence-electron chi connectivity index (χ0n) is 4.98. The van der Waals surface area contributed by atoms with Gasteiger partial charge in [-0.15, -0.1) is 0 Å². The fourth-order valence-electron chi connectivity index (χ4n) is 0.753. The zero-order valence-corrected chi connectivity index (χ0v) is 6.57. The third-order valence-electron chi connectivity index (χ3n) is 1.34. The van der Waals surface area contributed by atoms with E-state index in [1.165, 1.54) is 6.08 Å². The van der Waals surface area contributed by atoms with Crippen LogP contribution in [0.2, 0.25) is 0 Å². The lowest BCUT2D eigenvalue weighted by atomic mass is 10.0. The number of halogens is 2. The van der Waals surface area contributed by atoms with E-state index >= 15 is 0 Å². The van der Waals surface area contributed by atoms with Gasteiger partial charge in [-0.3, -0.25) is 0 Å². The first-order valence-corrected chi connectivity index (χ1v) is 4.05. The van der Waals surface area contributed by atoms with Gasteiger partial charge in [0.2, 0.25) is 0 Å². The van der Waals surface area contributed by atoms with Crippen molar-refractivity contribution in [3.05, 3.63) is 24.1 Å². The van der Waals surface area contributed by atoms with Gasteiger partial charge in [-0.25, -0.2) is 4.39 Å². The van der Waals surface area contributed by atoms with Gasteiger partial charge < -0.3 is 0 Å². The minimum atomic E-state index is -0.104. The van der Waals surface area contributed by atoms with Gasteiger partial charge in [-0.2, -0.15) is 0 Å². The summed E-state index contributed by atoms with van der Waals surface area (Å²) in [4.78, 5) is 0. The lowest BCUT2D eigenvalue weighted by Crippen LogP contribution is -1.98. The standard InChI is InChI=1S/C7H8BrF/c8-5-6-1-3-7(9)4-2-6/h1,3-4,6H,2,5H2. The Morgan fingerprint density at radius 1 is 1.78 bits per heavy atom. The van der Waals surface area contributed by atoms with Crippen LogP contribution < -0.4 is 0 Å². The molecular formula is C7H8BrF. The zero-order chi connectivity index (χ0) is 6.69. The minimum Gasteiger partial charge on any atom is -0.207 e. The van der Waals surface area contributed by atoms with E-state index in [1.807, 2.05) is 6.08 Å². The summed E-state index contributed by atoms with van der Waals surface area (Å²) in [6.07, 6.45) is 5.86. The first-order valence-electron chi connectivity index (χ1n) is 2.93. The van der Waals surface area contributed by atoms with Gasteiger partial charge in [0.05, 0.1) is 0 Å². The molecule has 1 rings (SSSR count). The Morgan fingerprint density at radius 3 is 3.00 bits per heavy atom. The molecular weight excluding hydrogens is 183 g/mol. The SMILES string of the molecule is FC1=CCC(CBr)C=C1. The van der Waals surface area contributed by atoms with Crippen molar-refractivity contribution < 1.29 is 4.39 Å². The topological polar surface area (TPSA) is 0 Å². The quantitative estimate of drug-likeness (QED) is 0.559. The molecule has 0 aromatic heterocycles. The summed E-state index contributed by atoms with van der Waals surface area (Å²) in [5, 5.41) is 0.924. The molecule has 0 amide bonds. The summed E-state index contributed by atoms with van der Waals surface area (Å²) < 4.78 is 12.3. The lowest BCUT2D eigenvalue weighted by molar-refractivity contribution is 0.628. The average Bonchev–Trinajstić information content (AvgIpc) is 1.90. The molecule has 0 nitrogen and oxygen atoms in total. The molecule has 0 bridgehead atoms. The van der Waals surface area contributed by atoms with Gasteiger partial charge in [0, 0.05) is 5.33 Å². The van der Waals surface area contributed by atoms with E-state index in [0.717, 1.165) is 11.8 Å². The van der Waals surface area contributed by atoms with Crippen LogP contribution in [0.1, 0.15) is 6.42 Å². The maximum Gasteiger partial charge on any atom is 0.118 e. The number of hydrogen-bond acceptors (Lipinski definition) is 0. The van der Waals surface area contributed by atoms with Gasteiger partial charge in [-0.1, -0.05) is 22.0 Å². The Labute approximate surface area is 62.6 Å². The predicted molar refractivity (Wildman–Crippen MR) is 40.2 cm³/mol. The fourth-order valence-corrected chi connectivity index (χ4v) is 1.23. The number of rotatable bonds is 1. The number of allylic oxidation sites excluding steroid dienone is 4. The highest BCUT2D eigenvalue weighted by molar-refractivity contribution is 9.09. The van der Waals surface area contributed by atoms with Crippen LogP contribution in [-0.4, -0.2) is 5.33 Å². The Kier molecular flexibility index (Phi) is 2.46. The maximum atomic E-state index is 12.3. The summed E-state index contributed by atoms with van der Waals surface area (Å²) in [7, 11) is 0. The average molecular weight is 191 g/mol. The third kappa shape index (κ3) is 1.94. The second-order valence-corrected chi connectivity index (χ2v) is 2.75. The summed E-state index contributed by atoms with van der Waals surface area (Å²) in [6, 6.07) is 0. The smallest absolute Gasteiger partial charge is 0.118 e. The molecule has 0 saturated carbocycles.